The van der Waals surface area contributed by atoms with Crippen molar-refractivity contribution in [3.05, 3.63) is 0 Å². The lowest BCUT2D eigenvalue weighted by Gasteiger charge is -2.32. The number of methoxy groups -OCH3 is 1. The van der Waals surface area contributed by atoms with E-state index >= 15 is 0 Å². The zero-order valence-corrected chi connectivity index (χ0v) is 11.6. The average Bonchev–Trinajstić information content (AvgIpc) is 2.44. The highest BCUT2D eigenvalue weighted by atomic mass is 16.6. The molecule has 0 aromatic rings. The topological polar surface area (TPSA) is 85.1 Å². The van der Waals surface area contributed by atoms with Crippen LogP contribution in [0.3, 0.4) is 0 Å². The molecule has 1 unspecified atom stereocenters. The first-order valence-corrected chi connectivity index (χ1v) is 6.44. The van der Waals surface area contributed by atoms with Crippen molar-refractivity contribution in [2.75, 3.05) is 53.5 Å². The van der Waals surface area contributed by atoms with E-state index < -0.39 is 12.1 Å². The van der Waals surface area contributed by atoms with Gasteiger partial charge in [-0.3, -0.25) is 9.69 Å². The van der Waals surface area contributed by atoms with Crippen LogP contribution in [0.15, 0.2) is 0 Å². The molecule has 0 saturated carbocycles. The highest BCUT2D eigenvalue weighted by Gasteiger charge is 2.28. The number of esters is 1. The molecule has 19 heavy (non-hydrogen) atoms. The van der Waals surface area contributed by atoms with Gasteiger partial charge in [0.1, 0.15) is 0 Å². The lowest BCUT2D eigenvalue weighted by atomic mass is 10.2. The van der Waals surface area contributed by atoms with E-state index in [0.717, 1.165) is 6.42 Å². The second kappa shape index (κ2) is 8.08. The van der Waals surface area contributed by atoms with E-state index in [0.29, 0.717) is 32.8 Å². The fourth-order valence-electron chi connectivity index (χ4n) is 1.89. The molecule has 0 aromatic heterocycles. The van der Waals surface area contributed by atoms with Crippen LogP contribution in [0.2, 0.25) is 0 Å². The van der Waals surface area contributed by atoms with Gasteiger partial charge in [-0.15, -0.1) is 0 Å². The molecule has 1 rings (SSSR count). The average molecular weight is 273 g/mol. The Hall–Kier alpha value is -1.18. The van der Waals surface area contributed by atoms with Crippen molar-refractivity contribution in [2.24, 2.45) is 5.73 Å². The molecule has 2 N–H and O–H groups in total. The van der Waals surface area contributed by atoms with Crippen LogP contribution in [0, 0.1) is 0 Å². The Labute approximate surface area is 113 Å². The Morgan fingerprint density at radius 2 is 2.26 bits per heavy atom. The van der Waals surface area contributed by atoms with Crippen LogP contribution in [0.25, 0.3) is 0 Å². The standard InChI is InChI=1S/C12H23N3O4/c1-14(5-3-4-13)11(16)9-15-6-7-19-10(8-15)12(17)18-2/h10H,3-9,13H2,1-2H3. The Morgan fingerprint density at radius 1 is 1.53 bits per heavy atom. The summed E-state index contributed by atoms with van der Waals surface area (Å²) in [5.74, 6) is -0.368. The summed E-state index contributed by atoms with van der Waals surface area (Å²) in [4.78, 5) is 26.9. The van der Waals surface area contributed by atoms with Gasteiger partial charge >= 0.3 is 5.97 Å². The van der Waals surface area contributed by atoms with Gasteiger partial charge in [0.25, 0.3) is 0 Å². The first kappa shape index (κ1) is 15.9. The number of nitrogens with two attached hydrogens (primary N) is 1. The largest absolute Gasteiger partial charge is 0.467 e. The summed E-state index contributed by atoms with van der Waals surface area (Å²) in [6, 6.07) is 0. The van der Waals surface area contributed by atoms with Gasteiger partial charge in [0.2, 0.25) is 5.91 Å². The molecule has 0 spiro atoms. The van der Waals surface area contributed by atoms with Crippen molar-refractivity contribution in [2.45, 2.75) is 12.5 Å². The summed E-state index contributed by atoms with van der Waals surface area (Å²) in [5, 5.41) is 0. The minimum Gasteiger partial charge on any atom is -0.467 e. The molecule has 0 bridgehead atoms. The number of nitrogens with zero attached hydrogens (tertiary/aromatic N) is 2. The number of hydrogen-bond donors (Lipinski definition) is 1. The number of morpholine rings is 1. The van der Waals surface area contributed by atoms with Crippen LogP contribution in [-0.2, 0) is 19.1 Å². The van der Waals surface area contributed by atoms with Crippen LogP contribution >= 0.6 is 0 Å². The van der Waals surface area contributed by atoms with Gasteiger partial charge in [-0.2, -0.15) is 0 Å². The molecule has 0 aromatic carbocycles. The maximum absolute atomic E-state index is 11.9. The molecule has 1 aliphatic heterocycles. The highest BCUT2D eigenvalue weighted by molar-refractivity contribution is 5.78. The smallest absolute Gasteiger partial charge is 0.336 e. The molecule has 1 amide bonds. The Balaban J connectivity index is 2.39. The monoisotopic (exact) mass is 273 g/mol. The van der Waals surface area contributed by atoms with Crippen LogP contribution in [-0.4, -0.2) is 81.3 Å². The van der Waals surface area contributed by atoms with E-state index in [1.165, 1.54) is 7.11 Å². The van der Waals surface area contributed by atoms with Crippen molar-refractivity contribution >= 4 is 11.9 Å². The normalized spacial score (nSPS) is 20.1. The van der Waals surface area contributed by atoms with Crippen LogP contribution in [0.4, 0.5) is 0 Å². The zero-order chi connectivity index (χ0) is 14.3. The van der Waals surface area contributed by atoms with Crippen molar-refractivity contribution in [1.82, 2.24) is 9.80 Å². The molecule has 110 valence electrons. The lowest BCUT2D eigenvalue weighted by Crippen LogP contribution is -2.50. The Morgan fingerprint density at radius 3 is 2.89 bits per heavy atom. The number of hydrogen-bond acceptors (Lipinski definition) is 6. The van der Waals surface area contributed by atoms with Crippen molar-refractivity contribution in [1.29, 1.82) is 0 Å². The van der Waals surface area contributed by atoms with Gasteiger partial charge < -0.3 is 20.1 Å². The second-order valence-corrected chi connectivity index (χ2v) is 4.58. The molecular weight excluding hydrogens is 250 g/mol. The molecule has 1 aliphatic rings. The Bertz CT molecular complexity index is 311. The SMILES string of the molecule is COC(=O)C1CN(CC(=O)N(C)CCCN)CCO1. The van der Waals surface area contributed by atoms with Crippen molar-refractivity contribution < 1.29 is 19.1 Å². The fourth-order valence-corrected chi connectivity index (χ4v) is 1.89. The van der Waals surface area contributed by atoms with E-state index in [-0.39, 0.29) is 12.5 Å². The van der Waals surface area contributed by atoms with E-state index in [9.17, 15) is 9.59 Å². The van der Waals surface area contributed by atoms with Gasteiger partial charge in [0, 0.05) is 26.7 Å². The number of amides is 1. The number of ether oxygens (including phenoxy) is 2. The predicted molar refractivity (Wildman–Crippen MR) is 69.5 cm³/mol. The summed E-state index contributed by atoms with van der Waals surface area (Å²) < 4.78 is 9.95. The predicted octanol–water partition coefficient (Wildman–Crippen LogP) is -1.33. The molecule has 7 nitrogen and oxygen atoms in total. The quantitative estimate of drug-likeness (QED) is 0.603. The molecule has 0 aliphatic carbocycles. The van der Waals surface area contributed by atoms with Gasteiger partial charge in [-0.25, -0.2) is 4.79 Å². The van der Waals surface area contributed by atoms with Gasteiger partial charge in [0.05, 0.1) is 20.3 Å². The lowest BCUT2D eigenvalue weighted by molar-refractivity contribution is -0.160. The van der Waals surface area contributed by atoms with E-state index in [4.69, 9.17) is 10.5 Å². The highest BCUT2D eigenvalue weighted by Crippen LogP contribution is 2.07. The number of rotatable bonds is 6. The zero-order valence-electron chi connectivity index (χ0n) is 11.6. The van der Waals surface area contributed by atoms with Crippen LogP contribution in [0.5, 0.6) is 0 Å². The first-order chi connectivity index (χ1) is 9.08. The van der Waals surface area contributed by atoms with Crippen molar-refractivity contribution in [3.63, 3.8) is 0 Å². The summed E-state index contributed by atoms with van der Waals surface area (Å²) in [5.41, 5.74) is 5.41. The Kier molecular flexibility index (Phi) is 6.75. The van der Waals surface area contributed by atoms with Gasteiger partial charge in [-0.05, 0) is 13.0 Å². The second-order valence-electron chi connectivity index (χ2n) is 4.58. The third-order valence-corrected chi connectivity index (χ3v) is 3.10. The molecular formula is C12H23N3O4. The summed E-state index contributed by atoms with van der Waals surface area (Å²) in [6.45, 7) is 2.98. The van der Waals surface area contributed by atoms with Crippen LogP contribution < -0.4 is 5.73 Å². The molecule has 1 heterocycles. The van der Waals surface area contributed by atoms with Gasteiger partial charge in [-0.1, -0.05) is 0 Å². The number of carbonyl (C=O) groups excluding carboxylic acids is 2. The maximum atomic E-state index is 11.9. The third kappa shape index (κ3) is 5.14. The van der Waals surface area contributed by atoms with E-state index in [1.54, 1.807) is 11.9 Å². The van der Waals surface area contributed by atoms with E-state index in [1.807, 2.05) is 4.90 Å². The summed E-state index contributed by atoms with van der Waals surface area (Å²) in [6.07, 6.45) is 0.191. The van der Waals surface area contributed by atoms with Crippen molar-refractivity contribution in [3.8, 4) is 0 Å². The molecule has 0 radical (unpaired) electrons. The summed E-state index contributed by atoms with van der Waals surface area (Å²) in [7, 11) is 3.09. The fraction of sp³-hybridized carbons (Fsp3) is 0.833. The maximum Gasteiger partial charge on any atom is 0.336 e. The molecule has 1 atom stereocenters. The third-order valence-electron chi connectivity index (χ3n) is 3.10. The van der Waals surface area contributed by atoms with E-state index in [2.05, 4.69) is 4.74 Å². The summed E-state index contributed by atoms with van der Waals surface area (Å²) >= 11 is 0. The molecule has 1 fully saturated rings. The van der Waals surface area contributed by atoms with Crippen LogP contribution in [0.1, 0.15) is 6.42 Å². The molecule has 7 heteroatoms. The number of carbonyl (C=O) groups is 2. The minimum absolute atomic E-state index is 0.0268. The number of likely N-dealkylation sites (N-methyl/N-ethyl adjacent to an activating group) is 1. The first-order valence-electron chi connectivity index (χ1n) is 6.44. The molecule has 1 saturated heterocycles. The minimum atomic E-state index is -0.596. The van der Waals surface area contributed by atoms with Gasteiger partial charge in [0.15, 0.2) is 6.10 Å².